The molecule has 1 heterocycles. The van der Waals surface area contributed by atoms with Crippen LogP contribution >= 0.6 is 0 Å². The third-order valence-corrected chi connectivity index (χ3v) is 3.73. The van der Waals surface area contributed by atoms with Gasteiger partial charge in [-0.2, -0.15) is 0 Å². The van der Waals surface area contributed by atoms with Gasteiger partial charge in [-0.3, -0.25) is 4.79 Å². The Kier molecular flexibility index (Phi) is 5.56. The summed E-state index contributed by atoms with van der Waals surface area (Å²) in [4.78, 5) is 36.2. The lowest BCUT2D eigenvalue weighted by Gasteiger charge is -2.28. The maximum absolute atomic E-state index is 12.2. The van der Waals surface area contributed by atoms with E-state index in [0.29, 0.717) is 19.4 Å². The van der Waals surface area contributed by atoms with E-state index in [-0.39, 0.29) is 6.61 Å². The number of carbonyl (C=O) groups is 3. The maximum atomic E-state index is 12.2. The molecule has 0 radical (unpaired) electrons. The molecule has 2 rings (SSSR count). The zero-order valence-corrected chi connectivity index (χ0v) is 12.9. The van der Waals surface area contributed by atoms with E-state index < -0.39 is 30.1 Å². The first-order chi connectivity index (χ1) is 11.0. The number of hydrogen-bond donors (Lipinski definition) is 1. The van der Waals surface area contributed by atoms with Gasteiger partial charge in [-0.05, 0) is 25.3 Å². The molecule has 0 unspecified atom stereocenters. The topological polar surface area (TPSA) is 98.8 Å². The molecule has 1 saturated heterocycles. The Labute approximate surface area is 134 Å². The van der Waals surface area contributed by atoms with Crippen LogP contribution in [0, 0.1) is 0 Å². The molecule has 0 bridgehead atoms. The summed E-state index contributed by atoms with van der Waals surface area (Å²) in [5.74, 6) is -1.72. The summed E-state index contributed by atoms with van der Waals surface area (Å²) >= 11 is 0. The fourth-order valence-corrected chi connectivity index (χ4v) is 2.53. The molecule has 1 aromatic carbocycles. The van der Waals surface area contributed by atoms with Gasteiger partial charge in [-0.25, -0.2) is 4.79 Å². The summed E-state index contributed by atoms with van der Waals surface area (Å²) in [6, 6.07) is 7.36. The molecule has 2 amide bonds. The molecule has 2 atom stereocenters. The largest absolute Gasteiger partial charge is 0.548 e. The molecule has 23 heavy (non-hydrogen) atoms. The van der Waals surface area contributed by atoms with E-state index in [1.807, 2.05) is 30.3 Å². The molecule has 0 aliphatic carbocycles. The Hall–Kier alpha value is -2.57. The van der Waals surface area contributed by atoms with Gasteiger partial charge in [0.05, 0.1) is 12.0 Å². The summed E-state index contributed by atoms with van der Waals surface area (Å²) in [6.45, 7) is 1.94. The predicted molar refractivity (Wildman–Crippen MR) is 79.0 cm³/mol. The number of likely N-dealkylation sites (tertiary alicyclic amines) is 1. The molecule has 1 N–H and O–H groups in total. The van der Waals surface area contributed by atoms with Gasteiger partial charge in [0.25, 0.3) is 0 Å². The van der Waals surface area contributed by atoms with Crippen molar-refractivity contribution >= 4 is 18.0 Å². The summed E-state index contributed by atoms with van der Waals surface area (Å²) in [5.41, 5.74) is 0.832. The van der Waals surface area contributed by atoms with Crippen LogP contribution in [-0.4, -0.2) is 41.5 Å². The summed E-state index contributed by atoms with van der Waals surface area (Å²) in [5, 5.41) is 13.4. The number of benzene rings is 1. The molecule has 1 aliphatic heterocycles. The number of alkyl carbamates (subject to hydrolysis) is 1. The van der Waals surface area contributed by atoms with Gasteiger partial charge in [0.2, 0.25) is 5.91 Å². The highest BCUT2D eigenvalue weighted by molar-refractivity contribution is 5.89. The number of carbonyl (C=O) groups excluding carboxylic acids is 3. The highest BCUT2D eigenvalue weighted by Crippen LogP contribution is 2.17. The fraction of sp³-hybridized carbons (Fsp3) is 0.438. The lowest BCUT2D eigenvalue weighted by atomic mass is 10.2. The van der Waals surface area contributed by atoms with Crippen molar-refractivity contribution in [2.45, 2.75) is 38.5 Å². The lowest BCUT2D eigenvalue weighted by Crippen LogP contribution is -2.53. The lowest BCUT2D eigenvalue weighted by molar-refractivity contribution is -0.310. The first kappa shape index (κ1) is 16.8. The van der Waals surface area contributed by atoms with Crippen molar-refractivity contribution in [3.63, 3.8) is 0 Å². The quantitative estimate of drug-likeness (QED) is 0.826. The molecule has 1 fully saturated rings. The van der Waals surface area contributed by atoms with Gasteiger partial charge in [-0.15, -0.1) is 0 Å². The minimum Gasteiger partial charge on any atom is -0.548 e. The highest BCUT2D eigenvalue weighted by atomic mass is 16.5. The van der Waals surface area contributed by atoms with Crippen molar-refractivity contribution in [3.8, 4) is 0 Å². The van der Waals surface area contributed by atoms with Crippen molar-refractivity contribution in [2.24, 2.45) is 0 Å². The van der Waals surface area contributed by atoms with Crippen molar-refractivity contribution in [1.82, 2.24) is 10.2 Å². The number of aliphatic carboxylic acids is 1. The number of carboxylic acids is 1. The number of nitrogens with one attached hydrogen (secondary N) is 1. The molecule has 7 nitrogen and oxygen atoms in total. The van der Waals surface area contributed by atoms with Crippen LogP contribution in [0.15, 0.2) is 30.3 Å². The number of nitrogens with zero attached hydrogens (tertiary/aromatic N) is 1. The second kappa shape index (κ2) is 7.62. The Bertz CT molecular complexity index is 575. The summed E-state index contributed by atoms with van der Waals surface area (Å²) in [7, 11) is 0. The highest BCUT2D eigenvalue weighted by Gasteiger charge is 2.32. The molecule has 124 valence electrons. The van der Waals surface area contributed by atoms with Gasteiger partial charge < -0.3 is 24.9 Å². The van der Waals surface area contributed by atoms with Crippen molar-refractivity contribution in [2.75, 3.05) is 6.54 Å². The second-order valence-corrected chi connectivity index (χ2v) is 5.44. The Morgan fingerprint density at radius 2 is 2.04 bits per heavy atom. The van der Waals surface area contributed by atoms with Crippen LogP contribution < -0.4 is 10.4 Å². The van der Waals surface area contributed by atoms with E-state index in [1.54, 1.807) is 0 Å². The summed E-state index contributed by atoms with van der Waals surface area (Å²) in [6.07, 6.45) is 0.258. The van der Waals surface area contributed by atoms with Crippen molar-refractivity contribution in [1.29, 1.82) is 0 Å². The SMILES string of the molecule is C[C@@H](NC(=O)OCc1ccccc1)C(=O)N1CCC[C@H]1C(=O)[O-]. The van der Waals surface area contributed by atoms with E-state index in [1.165, 1.54) is 11.8 Å². The fourth-order valence-electron chi connectivity index (χ4n) is 2.53. The Morgan fingerprint density at radius 3 is 2.70 bits per heavy atom. The molecule has 7 heteroatoms. The maximum Gasteiger partial charge on any atom is 0.408 e. The van der Waals surface area contributed by atoms with Crippen LogP contribution in [0.2, 0.25) is 0 Å². The standard InChI is InChI=1S/C16H20N2O5/c1-11(14(19)18-9-5-8-13(18)15(20)21)17-16(22)23-10-12-6-3-2-4-7-12/h2-4,6-7,11,13H,5,8-10H2,1H3,(H,17,22)(H,20,21)/p-1/t11-,13+/m1/s1. The van der Waals surface area contributed by atoms with E-state index in [4.69, 9.17) is 4.74 Å². The van der Waals surface area contributed by atoms with Crippen LogP contribution in [0.5, 0.6) is 0 Å². The number of carboxylic acid groups (broad SMARTS) is 1. The third kappa shape index (κ3) is 4.45. The predicted octanol–water partition coefficient (Wildman–Crippen LogP) is 0.0422. The molecule has 0 aromatic heterocycles. The zero-order valence-electron chi connectivity index (χ0n) is 12.9. The van der Waals surface area contributed by atoms with Gasteiger partial charge in [0.15, 0.2) is 0 Å². The molecule has 1 aliphatic rings. The second-order valence-electron chi connectivity index (χ2n) is 5.44. The van der Waals surface area contributed by atoms with Crippen LogP contribution in [0.3, 0.4) is 0 Å². The molecule has 0 spiro atoms. The minimum atomic E-state index is -1.27. The van der Waals surface area contributed by atoms with Crippen molar-refractivity contribution < 1.29 is 24.2 Å². The Balaban J connectivity index is 1.83. The van der Waals surface area contributed by atoms with Gasteiger partial charge in [-0.1, -0.05) is 30.3 Å². The number of rotatable bonds is 5. The van der Waals surface area contributed by atoms with Crippen LogP contribution in [0.25, 0.3) is 0 Å². The van der Waals surface area contributed by atoms with Gasteiger partial charge >= 0.3 is 6.09 Å². The number of ether oxygens (including phenoxy) is 1. The molecule has 0 saturated carbocycles. The van der Waals surface area contributed by atoms with E-state index in [9.17, 15) is 19.5 Å². The zero-order chi connectivity index (χ0) is 16.8. The minimum absolute atomic E-state index is 0.0962. The number of amides is 2. The number of hydrogen-bond acceptors (Lipinski definition) is 5. The van der Waals surface area contributed by atoms with Crippen LogP contribution in [-0.2, 0) is 20.9 Å². The summed E-state index contributed by atoms with van der Waals surface area (Å²) < 4.78 is 5.04. The van der Waals surface area contributed by atoms with E-state index in [2.05, 4.69) is 5.32 Å². The molecular weight excluding hydrogens is 300 g/mol. The average molecular weight is 319 g/mol. The Morgan fingerprint density at radius 1 is 1.35 bits per heavy atom. The van der Waals surface area contributed by atoms with E-state index in [0.717, 1.165) is 5.56 Å². The van der Waals surface area contributed by atoms with Crippen molar-refractivity contribution in [3.05, 3.63) is 35.9 Å². The third-order valence-electron chi connectivity index (χ3n) is 3.73. The van der Waals surface area contributed by atoms with E-state index >= 15 is 0 Å². The smallest absolute Gasteiger partial charge is 0.408 e. The average Bonchev–Trinajstić information content (AvgIpc) is 3.03. The van der Waals surface area contributed by atoms with Gasteiger partial charge in [0.1, 0.15) is 12.6 Å². The van der Waals surface area contributed by atoms with Gasteiger partial charge in [0, 0.05) is 6.54 Å². The monoisotopic (exact) mass is 319 g/mol. The van der Waals surface area contributed by atoms with Crippen LogP contribution in [0.4, 0.5) is 4.79 Å². The first-order valence-electron chi connectivity index (χ1n) is 7.47. The first-order valence-corrected chi connectivity index (χ1v) is 7.47. The molecule has 1 aromatic rings. The molecular formula is C16H19N2O5-. The normalized spacial score (nSPS) is 18.3. The van der Waals surface area contributed by atoms with Crippen LogP contribution in [0.1, 0.15) is 25.3 Å².